The van der Waals surface area contributed by atoms with Crippen molar-refractivity contribution < 1.29 is 18.4 Å². The fourth-order valence-corrected chi connectivity index (χ4v) is 1.91. The lowest BCUT2D eigenvalue weighted by Crippen LogP contribution is -2.41. The van der Waals surface area contributed by atoms with E-state index in [9.17, 15) is 18.4 Å². The van der Waals surface area contributed by atoms with E-state index in [0.29, 0.717) is 13.1 Å². The maximum Gasteiger partial charge on any atom is 0.251 e. The van der Waals surface area contributed by atoms with Crippen LogP contribution in [0.15, 0.2) is 18.2 Å². The highest BCUT2D eigenvalue weighted by molar-refractivity contribution is 5.96. The van der Waals surface area contributed by atoms with E-state index in [0.717, 1.165) is 25.0 Å². The maximum absolute atomic E-state index is 13.0. The molecule has 1 N–H and O–H groups in total. The zero-order valence-corrected chi connectivity index (χ0v) is 12.3. The molecule has 21 heavy (non-hydrogen) atoms. The molecule has 4 nitrogen and oxygen atoms in total. The average Bonchev–Trinajstić information content (AvgIpc) is 2.47. The van der Waals surface area contributed by atoms with E-state index < -0.39 is 17.5 Å². The SMILES string of the molecule is CCCN(CCC)C(=O)CNC(=O)c1ccc(F)c(F)c1. The summed E-state index contributed by atoms with van der Waals surface area (Å²) in [5.74, 6) is -2.89. The first-order chi connectivity index (χ1) is 9.99. The molecule has 0 saturated heterocycles. The second-order valence-electron chi connectivity index (χ2n) is 4.69. The first-order valence-electron chi connectivity index (χ1n) is 7.00. The summed E-state index contributed by atoms with van der Waals surface area (Å²) < 4.78 is 25.8. The van der Waals surface area contributed by atoms with Crippen molar-refractivity contribution in [1.29, 1.82) is 0 Å². The topological polar surface area (TPSA) is 49.4 Å². The molecule has 0 spiro atoms. The van der Waals surface area contributed by atoms with Gasteiger partial charge < -0.3 is 10.2 Å². The van der Waals surface area contributed by atoms with Crippen molar-refractivity contribution in [2.75, 3.05) is 19.6 Å². The van der Waals surface area contributed by atoms with E-state index in [4.69, 9.17) is 0 Å². The number of nitrogens with one attached hydrogen (secondary N) is 1. The van der Waals surface area contributed by atoms with Gasteiger partial charge in [0, 0.05) is 18.7 Å². The monoisotopic (exact) mass is 298 g/mol. The minimum atomic E-state index is -1.09. The molecule has 0 bridgehead atoms. The zero-order valence-electron chi connectivity index (χ0n) is 12.3. The van der Waals surface area contributed by atoms with E-state index in [1.165, 1.54) is 6.07 Å². The highest BCUT2D eigenvalue weighted by Crippen LogP contribution is 2.08. The van der Waals surface area contributed by atoms with Gasteiger partial charge in [-0.3, -0.25) is 9.59 Å². The van der Waals surface area contributed by atoms with Crippen LogP contribution in [0.4, 0.5) is 8.78 Å². The smallest absolute Gasteiger partial charge is 0.251 e. The molecule has 0 aliphatic carbocycles. The number of amides is 2. The van der Waals surface area contributed by atoms with Crippen LogP contribution in [-0.2, 0) is 4.79 Å². The molecule has 6 heteroatoms. The Bertz CT molecular complexity index is 500. The van der Waals surface area contributed by atoms with E-state index in [2.05, 4.69) is 5.32 Å². The van der Waals surface area contributed by atoms with E-state index in [1.807, 2.05) is 13.8 Å². The van der Waals surface area contributed by atoms with E-state index in [-0.39, 0.29) is 18.0 Å². The number of nitrogens with zero attached hydrogens (tertiary/aromatic N) is 1. The fraction of sp³-hybridized carbons (Fsp3) is 0.467. The first-order valence-corrected chi connectivity index (χ1v) is 7.00. The Kier molecular flexibility index (Phi) is 6.78. The number of carbonyl (C=O) groups is 2. The second-order valence-corrected chi connectivity index (χ2v) is 4.69. The van der Waals surface area contributed by atoms with Crippen molar-refractivity contribution >= 4 is 11.8 Å². The molecule has 0 aromatic heterocycles. The van der Waals surface area contributed by atoms with Gasteiger partial charge in [0.15, 0.2) is 11.6 Å². The Morgan fingerprint density at radius 1 is 1.10 bits per heavy atom. The number of hydrogen-bond acceptors (Lipinski definition) is 2. The highest BCUT2D eigenvalue weighted by atomic mass is 19.2. The molecular formula is C15H20F2N2O2. The summed E-state index contributed by atoms with van der Waals surface area (Å²) in [6.45, 7) is 5.05. The number of halogens is 2. The van der Waals surface area contributed by atoms with Gasteiger partial charge in [-0.15, -0.1) is 0 Å². The van der Waals surface area contributed by atoms with Crippen LogP contribution >= 0.6 is 0 Å². The van der Waals surface area contributed by atoms with Crippen LogP contribution in [0.1, 0.15) is 37.0 Å². The van der Waals surface area contributed by atoms with Crippen molar-refractivity contribution in [1.82, 2.24) is 10.2 Å². The van der Waals surface area contributed by atoms with Crippen molar-refractivity contribution in [3.8, 4) is 0 Å². The van der Waals surface area contributed by atoms with Crippen LogP contribution in [-0.4, -0.2) is 36.3 Å². The molecule has 0 unspecified atom stereocenters. The molecule has 0 fully saturated rings. The highest BCUT2D eigenvalue weighted by Gasteiger charge is 2.14. The minimum Gasteiger partial charge on any atom is -0.343 e. The van der Waals surface area contributed by atoms with Crippen LogP contribution in [0, 0.1) is 11.6 Å². The van der Waals surface area contributed by atoms with Crippen molar-refractivity contribution in [3.05, 3.63) is 35.4 Å². The van der Waals surface area contributed by atoms with Crippen LogP contribution < -0.4 is 5.32 Å². The summed E-state index contributed by atoms with van der Waals surface area (Å²) in [5.41, 5.74) is -0.0146. The maximum atomic E-state index is 13.0. The summed E-state index contributed by atoms with van der Waals surface area (Å²) in [5, 5.41) is 2.42. The summed E-state index contributed by atoms with van der Waals surface area (Å²) in [7, 11) is 0. The van der Waals surface area contributed by atoms with Crippen molar-refractivity contribution in [2.24, 2.45) is 0 Å². The van der Waals surface area contributed by atoms with Gasteiger partial charge in [0.05, 0.1) is 6.54 Å². The molecule has 116 valence electrons. The molecule has 0 heterocycles. The van der Waals surface area contributed by atoms with E-state index >= 15 is 0 Å². The quantitative estimate of drug-likeness (QED) is 0.840. The van der Waals surface area contributed by atoms with Gasteiger partial charge in [0.25, 0.3) is 5.91 Å². The van der Waals surface area contributed by atoms with Crippen molar-refractivity contribution in [3.63, 3.8) is 0 Å². The van der Waals surface area contributed by atoms with Gasteiger partial charge in [-0.1, -0.05) is 13.8 Å². The first kappa shape index (κ1) is 17.1. The van der Waals surface area contributed by atoms with Gasteiger partial charge >= 0.3 is 0 Å². The van der Waals surface area contributed by atoms with Crippen LogP contribution in [0.5, 0.6) is 0 Å². The number of rotatable bonds is 7. The molecule has 0 radical (unpaired) electrons. The molecule has 2 amide bonds. The Morgan fingerprint density at radius 3 is 2.24 bits per heavy atom. The van der Waals surface area contributed by atoms with Gasteiger partial charge in [0.1, 0.15) is 0 Å². The summed E-state index contributed by atoms with van der Waals surface area (Å²) >= 11 is 0. The molecular weight excluding hydrogens is 278 g/mol. The molecule has 1 aromatic carbocycles. The molecule has 1 rings (SSSR count). The lowest BCUT2D eigenvalue weighted by atomic mass is 10.2. The Hall–Kier alpha value is -1.98. The van der Waals surface area contributed by atoms with Gasteiger partial charge in [-0.2, -0.15) is 0 Å². The molecule has 0 aliphatic rings. The Labute approximate surface area is 123 Å². The van der Waals surface area contributed by atoms with Gasteiger partial charge in [-0.05, 0) is 31.0 Å². The van der Waals surface area contributed by atoms with Gasteiger partial charge in [-0.25, -0.2) is 8.78 Å². The predicted molar refractivity (Wildman–Crippen MR) is 75.9 cm³/mol. The normalized spacial score (nSPS) is 10.3. The standard InChI is InChI=1S/C15H20F2N2O2/c1-3-7-19(8-4-2)14(20)10-18-15(21)11-5-6-12(16)13(17)9-11/h5-6,9H,3-4,7-8,10H2,1-2H3,(H,18,21). The third-order valence-electron chi connectivity index (χ3n) is 2.92. The van der Waals surface area contributed by atoms with Crippen LogP contribution in [0.2, 0.25) is 0 Å². The molecule has 0 atom stereocenters. The fourth-order valence-electron chi connectivity index (χ4n) is 1.91. The largest absolute Gasteiger partial charge is 0.343 e. The average molecular weight is 298 g/mol. The summed E-state index contributed by atoms with van der Waals surface area (Å²) in [4.78, 5) is 25.4. The molecule has 0 saturated carbocycles. The third-order valence-corrected chi connectivity index (χ3v) is 2.92. The summed E-state index contributed by atoms with van der Waals surface area (Å²) in [6.07, 6.45) is 1.67. The van der Waals surface area contributed by atoms with Crippen LogP contribution in [0.3, 0.4) is 0 Å². The van der Waals surface area contributed by atoms with Crippen molar-refractivity contribution in [2.45, 2.75) is 26.7 Å². The zero-order chi connectivity index (χ0) is 15.8. The predicted octanol–water partition coefficient (Wildman–Crippen LogP) is 2.34. The minimum absolute atomic E-state index is 0.0146. The number of hydrogen-bond donors (Lipinski definition) is 1. The number of benzene rings is 1. The Balaban J connectivity index is 2.58. The summed E-state index contributed by atoms with van der Waals surface area (Å²) in [6, 6.07) is 2.87. The third kappa shape index (κ3) is 5.13. The Morgan fingerprint density at radius 2 is 1.71 bits per heavy atom. The number of carbonyl (C=O) groups excluding carboxylic acids is 2. The van der Waals surface area contributed by atoms with Gasteiger partial charge in [0.2, 0.25) is 5.91 Å². The lowest BCUT2D eigenvalue weighted by molar-refractivity contribution is -0.130. The lowest BCUT2D eigenvalue weighted by Gasteiger charge is -2.21. The molecule has 0 aliphatic heterocycles. The molecule has 1 aromatic rings. The van der Waals surface area contributed by atoms with E-state index in [1.54, 1.807) is 4.90 Å². The van der Waals surface area contributed by atoms with Crippen LogP contribution in [0.25, 0.3) is 0 Å². The second kappa shape index (κ2) is 8.34.